The van der Waals surface area contributed by atoms with Gasteiger partial charge in [-0.3, -0.25) is 4.98 Å². The Balaban J connectivity index is 2.50. The molecule has 0 fully saturated rings. The molecular formula is C13H16N2S. The molecule has 1 aromatic carbocycles. The van der Waals surface area contributed by atoms with Crippen molar-refractivity contribution in [1.29, 1.82) is 0 Å². The molecule has 0 aliphatic rings. The first-order valence-corrected chi connectivity index (χ1v) is 6.40. The van der Waals surface area contributed by atoms with Crippen molar-refractivity contribution < 1.29 is 0 Å². The van der Waals surface area contributed by atoms with Crippen molar-refractivity contribution in [2.75, 3.05) is 5.73 Å². The van der Waals surface area contributed by atoms with Gasteiger partial charge in [-0.1, -0.05) is 26.0 Å². The summed E-state index contributed by atoms with van der Waals surface area (Å²) >= 11 is 1.89. The van der Waals surface area contributed by atoms with E-state index in [2.05, 4.69) is 31.0 Å². The Morgan fingerprint density at radius 2 is 2.19 bits per heavy atom. The van der Waals surface area contributed by atoms with Gasteiger partial charge in [0.1, 0.15) is 0 Å². The van der Waals surface area contributed by atoms with Gasteiger partial charge in [0.15, 0.2) is 0 Å². The number of nitrogen functional groups attached to an aromatic ring is 1. The molecule has 2 aromatic rings. The Morgan fingerprint density at radius 1 is 1.38 bits per heavy atom. The summed E-state index contributed by atoms with van der Waals surface area (Å²) in [5, 5.41) is 1.78. The lowest BCUT2D eigenvalue weighted by Gasteiger charge is -2.11. The number of benzene rings is 1. The zero-order valence-corrected chi connectivity index (χ0v) is 10.4. The van der Waals surface area contributed by atoms with E-state index >= 15 is 0 Å². The molecule has 1 heterocycles. The lowest BCUT2D eigenvalue weighted by Crippen LogP contribution is -1.94. The normalized spacial score (nSPS) is 12.9. The third-order valence-electron chi connectivity index (χ3n) is 2.67. The largest absolute Gasteiger partial charge is 0.397 e. The molecule has 0 amide bonds. The second-order valence-electron chi connectivity index (χ2n) is 3.89. The van der Waals surface area contributed by atoms with Gasteiger partial charge in [-0.25, -0.2) is 0 Å². The zero-order valence-electron chi connectivity index (χ0n) is 9.60. The second kappa shape index (κ2) is 4.74. The van der Waals surface area contributed by atoms with E-state index in [1.165, 1.54) is 4.90 Å². The first-order chi connectivity index (χ1) is 7.72. The molecule has 0 aliphatic carbocycles. The minimum absolute atomic E-state index is 0.618. The molecule has 16 heavy (non-hydrogen) atoms. The van der Waals surface area contributed by atoms with Gasteiger partial charge in [-0.05, 0) is 18.6 Å². The summed E-state index contributed by atoms with van der Waals surface area (Å²) in [5.41, 5.74) is 7.58. The molecule has 0 bridgehead atoms. The molecule has 0 aliphatic heterocycles. The molecule has 0 radical (unpaired) electrons. The summed E-state index contributed by atoms with van der Waals surface area (Å²) in [7, 11) is 0. The third kappa shape index (κ3) is 2.14. The first kappa shape index (κ1) is 11.3. The molecular weight excluding hydrogens is 216 g/mol. The summed E-state index contributed by atoms with van der Waals surface area (Å²) in [4.78, 5) is 5.61. The van der Waals surface area contributed by atoms with Crippen molar-refractivity contribution >= 4 is 28.4 Å². The smallest absolute Gasteiger partial charge is 0.0942 e. The molecule has 1 unspecified atom stereocenters. The highest BCUT2D eigenvalue weighted by Gasteiger charge is 2.07. The highest BCUT2D eigenvalue weighted by atomic mass is 32.2. The van der Waals surface area contributed by atoms with Crippen LogP contribution in [0.15, 0.2) is 35.4 Å². The number of hydrogen-bond acceptors (Lipinski definition) is 3. The van der Waals surface area contributed by atoms with Crippen LogP contribution in [0.4, 0.5) is 5.69 Å². The van der Waals surface area contributed by atoms with Gasteiger partial charge >= 0.3 is 0 Å². The second-order valence-corrected chi connectivity index (χ2v) is 5.37. The number of nitrogens with zero attached hydrogens (tertiary/aromatic N) is 1. The number of fused-ring (bicyclic) bond motifs is 1. The van der Waals surface area contributed by atoms with Crippen molar-refractivity contribution in [2.24, 2.45) is 0 Å². The third-order valence-corrected chi connectivity index (χ3v) is 4.01. The Morgan fingerprint density at radius 3 is 2.94 bits per heavy atom. The van der Waals surface area contributed by atoms with Crippen molar-refractivity contribution in [3.63, 3.8) is 0 Å². The lowest BCUT2D eigenvalue weighted by atomic mass is 10.2. The van der Waals surface area contributed by atoms with Crippen LogP contribution < -0.4 is 5.73 Å². The number of aromatic nitrogens is 1. The Hall–Kier alpha value is -1.22. The van der Waals surface area contributed by atoms with E-state index in [1.54, 1.807) is 0 Å². The number of para-hydroxylation sites is 1. The van der Waals surface area contributed by atoms with Gasteiger partial charge in [-0.15, -0.1) is 11.8 Å². The molecule has 0 spiro atoms. The predicted molar refractivity (Wildman–Crippen MR) is 71.8 cm³/mol. The molecule has 2 N–H and O–H groups in total. The molecule has 1 atom stereocenters. The van der Waals surface area contributed by atoms with Crippen LogP contribution in [0.2, 0.25) is 0 Å². The van der Waals surface area contributed by atoms with Crippen LogP contribution in [0.3, 0.4) is 0 Å². The zero-order chi connectivity index (χ0) is 11.5. The van der Waals surface area contributed by atoms with E-state index in [0.29, 0.717) is 5.25 Å². The number of thioether (sulfide) groups is 1. The van der Waals surface area contributed by atoms with Crippen LogP contribution in [0.1, 0.15) is 20.3 Å². The topological polar surface area (TPSA) is 38.9 Å². The van der Waals surface area contributed by atoms with Crippen LogP contribution >= 0.6 is 11.8 Å². The van der Waals surface area contributed by atoms with E-state index in [4.69, 9.17) is 5.73 Å². The number of rotatable bonds is 3. The average Bonchev–Trinajstić information content (AvgIpc) is 2.30. The Kier molecular flexibility index (Phi) is 3.34. The van der Waals surface area contributed by atoms with E-state index in [-0.39, 0.29) is 0 Å². The fraction of sp³-hybridized carbons (Fsp3) is 0.308. The molecule has 0 saturated carbocycles. The number of pyridine rings is 1. The molecule has 0 saturated heterocycles. The molecule has 1 aromatic heterocycles. The lowest BCUT2D eigenvalue weighted by molar-refractivity contribution is 0.906. The van der Waals surface area contributed by atoms with E-state index in [9.17, 15) is 0 Å². The summed E-state index contributed by atoms with van der Waals surface area (Å²) in [6.45, 7) is 4.44. The van der Waals surface area contributed by atoms with Crippen LogP contribution in [-0.4, -0.2) is 10.2 Å². The van der Waals surface area contributed by atoms with E-state index < -0.39 is 0 Å². The quantitative estimate of drug-likeness (QED) is 0.647. The van der Waals surface area contributed by atoms with Gasteiger partial charge in [0.2, 0.25) is 0 Å². The highest BCUT2D eigenvalue weighted by molar-refractivity contribution is 8.00. The number of anilines is 1. The van der Waals surface area contributed by atoms with Crippen molar-refractivity contribution in [2.45, 2.75) is 30.4 Å². The maximum absolute atomic E-state index is 5.92. The van der Waals surface area contributed by atoms with Crippen molar-refractivity contribution in [1.82, 2.24) is 4.98 Å². The Labute approximate surface area is 100 Å². The minimum Gasteiger partial charge on any atom is -0.397 e. The molecule has 2 rings (SSSR count). The van der Waals surface area contributed by atoms with Gasteiger partial charge in [0, 0.05) is 21.7 Å². The van der Waals surface area contributed by atoms with Gasteiger partial charge in [-0.2, -0.15) is 0 Å². The van der Waals surface area contributed by atoms with Gasteiger partial charge < -0.3 is 5.73 Å². The number of hydrogen-bond donors (Lipinski definition) is 1. The maximum atomic E-state index is 5.92. The summed E-state index contributed by atoms with van der Waals surface area (Å²) < 4.78 is 0. The van der Waals surface area contributed by atoms with E-state index in [1.807, 2.05) is 30.1 Å². The Bertz CT molecular complexity index is 496. The minimum atomic E-state index is 0.618. The molecule has 2 nitrogen and oxygen atoms in total. The monoisotopic (exact) mass is 232 g/mol. The maximum Gasteiger partial charge on any atom is 0.0942 e. The van der Waals surface area contributed by atoms with Gasteiger partial charge in [0.05, 0.1) is 11.2 Å². The van der Waals surface area contributed by atoms with E-state index in [0.717, 1.165) is 23.0 Å². The predicted octanol–water partition coefficient (Wildman–Crippen LogP) is 3.71. The highest BCUT2D eigenvalue weighted by Crippen LogP contribution is 2.32. The fourth-order valence-corrected chi connectivity index (χ4v) is 2.61. The van der Waals surface area contributed by atoms with Crippen LogP contribution in [-0.2, 0) is 0 Å². The van der Waals surface area contributed by atoms with Gasteiger partial charge in [0.25, 0.3) is 0 Å². The standard InChI is InChI=1S/C13H16N2S/c1-3-9(2)16-12-7-8-15-13-10(12)5-4-6-11(13)14/h4-9H,3,14H2,1-2H3. The summed E-state index contributed by atoms with van der Waals surface area (Å²) in [6, 6.07) is 8.04. The van der Waals surface area contributed by atoms with Crippen molar-refractivity contribution in [3.8, 4) is 0 Å². The fourth-order valence-electron chi connectivity index (χ4n) is 1.58. The molecule has 84 valence electrons. The SMILES string of the molecule is CCC(C)Sc1ccnc2c(N)cccc12. The molecule has 3 heteroatoms. The van der Waals surface area contributed by atoms with Crippen LogP contribution in [0.5, 0.6) is 0 Å². The number of nitrogens with two attached hydrogens (primary N) is 1. The summed E-state index contributed by atoms with van der Waals surface area (Å²) in [5.74, 6) is 0. The van der Waals surface area contributed by atoms with Crippen molar-refractivity contribution in [3.05, 3.63) is 30.5 Å². The first-order valence-electron chi connectivity index (χ1n) is 5.52. The van der Waals surface area contributed by atoms with Crippen LogP contribution in [0.25, 0.3) is 10.9 Å². The average molecular weight is 232 g/mol. The summed E-state index contributed by atoms with van der Waals surface area (Å²) in [6.07, 6.45) is 3.00. The van der Waals surface area contributed by atoms with Crippen LogP contribution in [0, 0.1) is 0 Å².